The molecule has 0 aromatic heterocycles. The molecular formula is C24H23BrClN3O3. The predicted octanol–water partition coefficient (Wildman–Crippen LogP) is 3.96. The van der Waals surface area contributed by atoms with Gasteiger partial charge in [0.1, 0.15) is 5.41 Å². The lowest BCUT2D eigenvalue weighted by atomic mass is 9.56. The van der Waals surface area contributed by atoms with Gasteiger partial charge in [-0.05, 0) is 53.6 Å². The minimum absolute atomic E-state index is 0.0864. The highest BCUT2D eigenvalue weighted by Gasteiger charge is 2.69. The van der Waals surface area contributed by atoms with Gasteiger partial charge in [-0.15, -0.1) is 0 Å². The molecule has 3 aliphatic rings. The molecule has 2 aromatic rings. The molecule has 3 atom stereocenters. The number of hydrogen-bond acceptors (Lipinski definition) is 3. The smallest absolute Gasteiger partial charge is 0.237 e. The largest absolute Gasteiger partial charge is 0.368 e. The van der Waals surface area contributed by atoms with Crippen molar-refractivity contribution in [1.82, 2.24) is 4.90 Å². The number of carbonyl (C=O) groups is 3. The lowest BCUT2D eigenvalue weighted by Crippen LogP contribution is -2.67. The summed E-state index contributed by atoms with van der Waals surface area (Å²) in [7, 11) is 0. The van der Waals surface area contributed by atoms with E-state index in [1.165, 1.54) is 0 Å². The van der Waals surface area contributed by atoms with Crippen molar-refractivity contribution < 1.29 is 14.4 Å². The third-order valence-electron chi connectivity index (χ3n) is 7.32. The maximum Gasteiger partial charge on any atom is 0.237 e. The van der Waals surface area contributed by atoms with E-state index < -0.39 is 23.3 Å². The Morgan fingerprint density at radius 2 is 2.00 bits per heavy atom. The number of likely N-dealkylation sites (tertiary alicyclic amines) is 1. The van der Waals surface area contributed by atoms with E-state index in [1.807, 2.05) is 36.4 Å². The molecule has 2 aliphatic heterocycles. The van der Waals surface area contributed by atoms with E-state index in [9.17, 15) is 14.4 Å². The fourth-order valence-corrected chi connectivity index (χ4v) is 6.39. The first-order valence-electron chi connectivity index (χ1n) is 10.6. The average molecular weight is 517 g/mol. The highest BCUT2D eigenvalue weighted by atomic mass is 79.9. The normalized spacial score (nSPS) is 27.9. The molecule has 2 aromatic carbocycles. The first kappa shape index (κ1) is 21.5. The molecule has 166 valence electrons. The summed E-state index contributed by atoms with van der Waals surface area (Å²) in [4.78, 5) is 41.0. The Morgan fingerprint density at radius 1 is 1.25 bits per heavy atom. The summed E-state index contributed by atoms with van der Waals surface area (Å²) in [6, 6.07) is 12.6. The van der Waals surface area contributed by atoms with Gasteiger partial charge in [0.15, 0.2) is 0 Å². The molecule has 3 unspecified atom stereocenters. The summed E-state index contributed by atoms with van der Waals surface area (Å²) in [6.07, 6.45) is 1.82. The molecule has 1 saturated heterocycles. The lowest BCUT2D eigenvalue weighted by molar-refractivity contribution is -0.151. The van der Waals surface area contributed by atoms with E-state index in [4.69, 9.17) is 17.3 Å². The standard InChI is InChI=1S/C24H23BrClN3O3/c1-23(7-8-23)21-24(16-6-5-14(25)10-18(16)28-22(24)32)17(13-3-2-4-15(26)9-13)11-20(31)29(21)12-19(27)30/h2-6,9-10,17,21H,7-8,11-12H2,1H3,(H2,27,30)(H,28,32). The summed E-state index contributed by atoms with van der Waals surface area (Å²) >= 11 is 9.82. The minimum atomic E-state index is -1.06. The van der Waals surface area contributed by atoms with Crippen LogP contribution in [0.4, 0.5) is 5.69 Å². The molecule has 1 saturated carbocycles. The highest BCUT2D eigenvalue weighted by molar-refractivity contribution is 9.10. The molecule has 3 amide bonds. The Kier molecular flexibility index (Phi) is 4.91. The number of piperidine rings is 1. The second kappa shape index (κ2) is 7.32. The molecule has 0 bridgehead atoms. The highest BCUT2D eigenvalue weighted by Crippen LogP contribution is 2.64. The SMILES string of the molecule is CC1(C2N(CC(N)=O)C(=O)CC(c3cccc(Cl)c3)C23C(=O)Nc2cc(Br)ccc23)CC1. The first-order valence-corrected chi connectivity index (χ1v) is 11.8. The zero-order valence-electron chi connectivity index (χ0n) is 17.5. The van der Waals surface area contributed by atoms with Crippen molar-refractivity contribution in [3.63, 3.8) is 0 Å². The van der Waals surface area contributed by atoms with E-state index in [-0.39, 0.29) is 30.2 Å². The molecule has 5 rings (SSSR count). The van der Waals surface area contributed by atoms with Crippen LogP contribution in [0.1, 0.15) is 43.2 Å². The fraction of sp³-hybridized carbons (Fsp3) is 0.375. The van der Waals surface area contributed by atoms with Crippen LogP contribution in [0.15, 0.2) is 46.9 Å². The van der Waals surface area contributed by atoms with Crippen LogP contribution in [0, 0.1) is 5.41 Å². The topological polar surface area (TPSA) is 92.5 Å². The first-order chi connectivity index (χ1) is 15.2. The van der Waals surface area contributed by atoms with Crippen LogP contribution in [0.5, 0.6) is 0 Å². The second-order valence-corrected chi connectivity index (χ2v) is 10.7. The number of nitrogens with one attached hydrogen (secondary N) is 1. The molecule has 0 radical (unpaired) electrons. The van der Waals surface area contributed by atoms with E-state index >= 15 is 0 Å². The van der Waals surface area contributed by atoms with E-state index in [1.54, 1.807) is 11.0 Å². The van der Waals surface area contributed by atoms with Crippen LogP contribution in [0.25, 0.3) is 0 Å². The van der Waals surface area contributed by atoms with Crippen LogP contribution in [0.3, 0.4) is 0 Å². The van der Waals surface area contributed by atoms with Gasteiger partial charge in [0.05, 0.1) is 12.6 Å². The van der Waals surface area contributed by atoms with E-state index in [0.29, 0.717) is 5.02 Å². The number of primary amides is 1. The van der Waals surface area contributed by atoms with Gasteiger partial charge in [0.25, 0.3) is 0 Å². The van der Waals surface area contributed by atoms with E-state index in [2.05, 4.69) is 28.2 Å². The Morgan fingerprint density at radius 3 is 2.66 bits per heavy atom. The molecule has 1 spiro atoms. The van der Waals surface area contributed by atoms with Gasteiger partial charge < -0.3 is 16.0 Å². The van der Waals surface area contributed by atoms with Gasteiger partial charge in [0.2, 0.25) is 17.7 Å². The number of amides is 3. The molecule has 2 heterocycles. The maximum absolute atomic E-state index is 14.0. The zero-order chi connectivity index (χ0) is 22.8. The number of fused-ring (bicyclic) bond motifs is 2. The quantitative estimate of drug-likeness (QED) is 0.644. The number of benzene rings is 2. The van der Waals surface area contributed by atoms with Crippen molar-refractivity contribution in [3.05, 3.63) is 63.1 Å². The average Bonchev–Trinajstić information content (AvgIpc) is 3.40. The molecule has 8 heteroatoms. The zero-order valence-corrected chi connectivity index (χ0v) is 19.9. The number of hydrogen-bond donors (Lipinski definition) is 2. The molecular weight excluding hydrogens is 494 g/mol. The third kappa shape index (κ3) is 3.09. The van der Waals surface area contributed by atoms with Crippen LogP contribution in [-0.2, 0) is 19.8 Å². The second-order valence-electron chi connectivity index (χ2n) is 9.37. The van der Waals surface area contributed by atoms with Crippen molar-refractivity contribution in [2.45, 2.75) is 43.6 Å². The Labute approximate surface area is 199 Å². The third-order valence-corrected chi connectivity index (χ3v) is 8.05. The molecule has 2 fully saturated rings. The number of nitrogens with two attached hydrogens (primary N) is 1. The minimum Gasteiger partial charge on any atom is -0.368 e. The van der Waals surface area contributed by atoms with Gasteiger partial charge in [-0.3, -0.25) is 14.4 Å². The molecule has 32 heavy (non-hydrogen) atoms. The number of carbonyl (C=O) groups excluding carboxylic acids is 3. The van der Waals surface area contributed by atoms with Gasteiger partial charge in [0, 0.05) is 27.5 Å². The summed E-state index contributed by atoms with van der Waals surface area (Å²) in [6.45, 7) is 1.88. The number of anilines is 1. The number of rotatable bonds is 4. The predicted molar refractivity (Wildman–Crippen MR) is 125 cm³/mol. The Hall–Kier alpha value is -2.38. The van der Waals surface area contributed by atoms with Crippen molar-refractivity contribution in [1.29, 1.82) is 0 Å². The lowest BCUT2D eigenvalue weighted by Gasteiger charge is -2.53. The van der Waals surface area contributed by atoms with Gasteiger partial charge >= 0.3 is 0 Å². The molecule has 3 N–H and O–H groups in total. The van der Waals surface area contributed by atoms with Crippen molar-refractivity contribution in [2.75, 3.05) is 11.9 Å². The van der Waals surface area contributed by atoms with Crippen LogP contribution >= 0.6 is 27.5 Å². The maximum atomic E-state index is 14.0. The van der Waals surface area contributed by atoms with Crippen LogP contribution in [0.2, 0.25) is 5.02 Å². The van der Waals surface area contributed by atoms with Crippen LogP contribution in [-0.4, -0.2) is 35.2 Å². The molecule has 6 nitrogen and oxygen atoms in total. The Bertz CT molecular complexity index is 1160. The monoisotopic (exact) mass is 515 g/mol. The van der Waals surface area contributed by atoms with Gasteiger partial charge in [-0.1, -0.05) is 52.7 Å². The molecule has 1 aliphatic carbocycles. The summed E-state index contributed by atoms with van der Waals surface area (Å²) in [5.74, 6) is -1.34. The van der Waals surface area contributed by atoms with Crippen molar-refractivity contribution in [2.24, 2.45) is 11.1 Å². The van der Waals surface area contributed by atoms with E-state index in [0.717, 1.165) is 34.1 Å². The number of nitrogens with zero attached hydrogens (tertiary/aromatic N) is 1. The van der Waals surface area contributed by atoms with Gasteiger partial charge in [-0.25, -0.2) is 0 Å². The Balaban J connectivity index is 1.81. The fourth-order valence-electron chi connectivity index (χ4n) is 5.83. The van der Waals surface area contributed by atoms with Crippen molar-refractivity contribution >= 4 is 50.9 Å². The number of halogens is 2. The van der Waals surface area contributed by atoms with Gasteiger partial charge in [-0.2, -0.15) is 0 Å². The summed E-state index contributed by atoms with van der Waals surface area (Å²) in [5.41, 5.74) is 6.60. The summed E-state index contributed by atoms with van der Waals surface area (Å²) in [5, 5.41) is 3.62. The van der Waals surface area contributed by atoms with Crippen molar-refractivity contribution in [3.8, 4) is 0 Å². The van der Waals surface area contributed by atoms with Crippen LogP contribution < -0.4 is 11.1 Å². The summed E-state index contributed by atoms with van der Waals surface area (Å²) < 4.78 is 0.850.